The number of hydrogen-bond donors (Lipinski definition) is 1. The van der Waals surface area contributed by atoms with Gasteiger partial charge in [-0.1, -0.05) is 12.1 Å². The first-order valence-electron chi connectivity index (χ1n) is 9.50. The molecule has 27 heavy (non-hydrogen) atoms. The van der Waals surface area contributed by atoms with E-state index in [4.69, 9.17) is 14.2 Å². The Morgan fingerprint density at radius 2 is 2.19 bits per heavy atom. The molecule has 1 spiro atoms. The third kappa shape index (κ3) is 1.85. The van der Waals surface area contributed by atoms with Gasteiger partial charge in [0.15, 0.2) is 23.2 Å². The Morgan fingerprint density at radius 1 is 1.41 bits per heavy atom. The fourth-order valence-electron chi connectivity index (χ4n) is 6.01. The zero-order valence-corrected chi connectivity index (χ0v) is 16.1. The molecule has 0 unspecified atom stereocenters. The standard InChI is InChI=1S/C21H25NO5/c1-11(23)26-19-15(24)10-13-14-9-12-5-6-16(25-4)18-17(12)21(13,7-8-22(14)3)20(19,2)27-18/h5-6,10,14-15,19,24H,7-9H2,1-4H3/t14-,15+,19-,20+,21+/m0/s1. The number of carbonyl (C=O) groups is 1. The van der Waals surface area contributed by atoms with Crippen LogP contribution in [0.15, 0.2) is 23.8 Å². The Labute approximate surface area is 158 Å². The second-order valence-corrected chi connectivity index (χ2v) is 8.34. The van der Waals surface area contributed by atoms with E-state index in [0.717, 1.165) is 30.7 Å². The fraction of sp³-hybridized carbons (Fsp3) is 0.571. The van der Waals surface area contributed by atoms with E-state index < -0.39 is 29.2 Å². The number of ether oxygens (including phenoxy) is 3. The number of aliphatic hydroxyl groups excluding tert-OH is 1. The number of hydrogen-bond acceptors (Lipinski definition) is 6. The van der Waals surface area contributed by atoms with Crippen LogP contribution in [0.5, 0.6) is 11.5 Å². The van der Waals surface area contributed by atoms with Crippen molar-refractivity contribution in [3.63, 3.8) is 0 Å². The molecule has 1 saturated heterocycles. The Hall–Kier alpha value is -2.05. The molecule has 2 bridgehead atoms. The second kappa shape index (κ2) is 5.26. The third-order valence-corrected chi connectivity index (χ3v) is 7.15. The van der Waals surface area contributed by atoms with Crippen molar-refractivity contribution in [3.8, 4) is 11.5 Å². The zero-order valence-electron chi connectivity index (χ0n) is 16.1. The summed E-state index contributed by atoms with van der Waals surface area (Å²) in [6.07, 6.45) is 1.96. The van der Waals surface area contributed by atoms with Gasteiger partial charge in [0, 0.05) is 18.5 Å². The summed E-state index contributed by atoms with van der Waals surface area (Å²) < 4.78 is 17.8. The van der Waals surface area contributed by atoms with Crippen molar-refractivity contribution in [3.05, 3.63) is 34.9 Å². The van der Waals surface area contributed by atoms with Crippen LogP contribution in [0.2, 0.25) is 0 Å². The number of likely N-dealkylation sites (tertiary alicyclic amines) is 1. The van der Waals surface area contributed by atoms with Gasteiger partial charge in [-0.05, 0) is 50.6 Å². The molecule has 2 aliphatic carbocycles. The summed E-state index contributed by atoms with van der Waals surface area (Å²) in [5, 5.41) is 10.9. The van der Waals surface area contributed by atoms with Crippen molar-refractivity contribution < 1.29 is 24.1 Å². The highest BCUT2D eigenvalue weighted by molar-refractivity contribution is 5.70. The van der Waals surface area contributed by atoms with Crippen LogP contribution in [0.1, 0.15) is 31.4 Å². The van der Waals surface area contributed by atoms with E-state index in [-0.39, 0.29) is 6.04 Å². The van der Waals surface area contributed by atoms with Crippen LogP contribution < -0.4 is 9.47 Å². The summed E-state index contributed by atoms with van der Waals surface area (Å²) in [4.78, 5) is 14.2. The van der Waals surface area contributed by atoms with E-state index in [1.807, 2.05) is 19.1 Å². The van der Waals surface area contributed by atoms with E-state index in [1.54, 1.807) is 7.11 Å². The molecular formula is C21H25NO5. The number of aliphatic hydroxyl groups is 1. The van der Waals surface area contributed by atoms with Gasteiger partial charge in [0.2, 0.25) is 0 Å². The van der Waals surface area contributed by atoms with E-state index >= 15 is 0 Å². The number of likely N-dealkylation sites (N-methyl/N-ethyl adjacent to an activating group) is 1. The molecule has 2 heterocycles. The van der Waals surface area contributed by atoms with Crippen molar-refractivity contribution in [2.75, 3.05) is 20.7 Å². The quantitative estimate of drug-likeness (QED) is 0.629. The summed E-state index contributed by atoms with van der Waals surface area (Å²) in [7, 11) is 3.77. The van der Waals surface area contributed by atoms with E-state index in [1.165, 1.54) is 18.1 Å². The first-order valence-corrected chi connectivity index (χ1v) is 9.50. The Balaban J connectivity index is 1.83. The predicted molar refractivity (Wildman–Crippen MR) is 98.1 cm³/mol. The first-order chi connectivity index (χ1) is 12.8. The SMILES string of the molecule is COc1ccc2c3c1O[C@]1(C)[C@@H](OC(C)=O)[C@H](O)C=C4[C@H](C2)N(C)CC[C@@]431. The Bertz CT molecular complexity index is 880. The maximum Gasteiger partial charge on any atom is 0.303 e. The van der Waals surface area contributed by atoms with Gasteiger partial charge in [0.05, 0.1) is 12.5 Å². The Morgan fingerprint density at radius 3 is 2.89 bits per heavy atom. The average molecular weight is 371 g/mol. The lowest BCUT2D eigenvalue weighted by molar-refractivity contribution is -0.178. The molecule has 0 saturated carbocycles. The highest BCUT2D eigenvalue weighted by Gasteiger charge is 2.71. The normalized spacial score (nSPS) is 38.6. The van der Waals surface area contributed by atoms with E-state index in [2.05, 4.69) is 18.0 Å². The molecule has 1 fully saturated rings. The summed E-state index contributed by atoms with van der Waals surface area (Å²) in [6.45, 7) is 4.27. The van der Waals surface area contributed by atoms with Gasteiger partial charge in [-0.3, -0.25) is 9.69 Å². The van der Waals surface area contributed by atoms with E-state index in [9.17, 15) is 9.90 Å². The van der Waals surface area contributed by atoms with Crippen molar-refractivity contribution in [1.29, 1.82) is 0 Å². The maximum atomic E-state index is 11.8. The third-order valence-electron chi connectivity index (χ3n) is 7.15. The second-order valence-electron chi connectivity index (χ2n) is 8.34. The minimum atomic E-state index is -0.905. The predicted octanol–water partition coefficient (Wildman–Crippen LogP) is 1.58. The van der Waals surface area contributed by atoms with Gasteiger partial charge >= 0.3 is 5.97 Å². The van der Waals surface area contributed by atoms with Crippen LogP contribution in [-0.2, 0) is 21.4 Å². The number of esters is 1. The minimum absolute atomic E-state index is 0.210. The molecule has 144 valence electrons. The number of carbonyl (C=O) groups excluding carboxylic acids is 1. The van der Waals surface area contributed by atoms with Crippen LogP contribution in [0.25, 0.3) is 0 Å². The summed E-state index contributed by atoms with van der Waals surface area (Å²) in [5.41, 5.74) is 2.30. The highest BCUT2D eigenvalue weighted by atomic mass is 16.6. The van der Waals surface area contributed by atoms with Crippen molar-refractivity contribution in [1.82, 2.24) is 4.90 Å². The van der Waals surface area contributed by atoms with Gasteiger partial charge in [0.1, 0.15) is 6.10 Å². The lowest BCUT2D eigenvalue weighted by Gasteiger charge is -2.59. The van der Waals surface area contributed by atoms with Crippen LogP contribution in [-0.4, -0.2) is 60.5 Å². The Kier molecular flexibility index (Phi) is 3.33. The summed E-state index contributed by atoms with van der Waals surface area (Å²) in [6, 6.07) is 4.29. The van der Waals surface area contributed by atoms with Gasteiger partial charge < -0.3 is 19.3 Å². The summed E-state index contributed by atoms with van der Waals surface area (Å²) >= 11 is 0. The number of nitrogens with zero attached hydrogens (tertiary/aromatic N) is 1. The molecule has 4 aliphatic rings. The average Bonchev–Trinajstić information content (AvgIpc) is 2.89. The topological polar surface area (TPSA) is 68.2 Å². The highest BCUT2D eigenvalue weighted by Crippen LogP contribution is 2.66. The van der Waals surface area contributed by atoms with Crippen molar-refractivity contribution in [2.24, 2.45) is 0 Å². The van der Waals surface area contributed by atoms with Crippen molar-refractivity contribution >= 4 is 5.97 Å². The molecule has 5 rings (SSSR count). The zero-order chi connectivity index (χ0) is 19.1. The molecule has 5 atom stereocenters. The molecule has 0 amide bonds. The van der Waals surface area contributed by atoms with Crippen molar-refractivity contribution in [2.45, 2.75) is 56.0 Å². The van der Waals surface area contributed by atoms with E-state index in [0.29, 0.717) is 5.75 Å². The number of rotatable bonds is 2. The largest absolute Gasteiger partial charge is 0.493 e. The molecule has 2 aliphatic heterocycles. The molecule has 0 aromatic heterocycles. The monoisotopic (exact) mass is 371 g/mol. The van der Waals surface area contributed by atoms with Crippen LogP contribution in [0.3, 0.4) is 0 Å². The van der Waals surface area contributed by atoms with Crippen LogP contribution in [0, 0.1) is 0 Å². The minimum Gasteiger partial charge on any atom is -0.493 e. The molecule has 1 aromatic carbocycles. The molecular weight excluding hydrogens is 346 g/mol. The lowest BCUT2D eigenvalue weighted by Crippen LogP contribution is -2.70. The molecule has 6 nitrogen and oxygen atoms in total. The lowest BCUT2D eigenvalue weighted by atomic mass is 9.51. The smallest absolute Gasteiger partial charge is 0.303 e. The first kappa shape index (κ1) is 17.1. The van der Waals surface area contributed by atoms with Gasteiger partial charge in [-0.2, -0.15) is 0 Å². The van der Waals surface area contributed by atoms with Gasteiger partial charge in [0.25, 0.3) is 0 Å². The molecule has 1 N–H and O–H groups in total. The molecule has 1 aromatic rings. The number of methoxy groups -OCH3 is 1. The number of benzene rings is 1. The maximum absolute atomic E-state index is 11.8. The summed E-state index contributed by atoms with van der Waals surface area (Å²) in [5.74, 6) is 1.00. The fourth-order valence-corrected chi connectivity index (χ4v) is 6.01. The van der Waals surface area contributed by atoms with Crippen LogP contribution in [0.4, 0.5) is 0 Å². The molecule has 0 radical (unpaired) electrons. The molecule has 6 heteroatoms. The number of piperidine rings is 1. The van der Waals surface area contributed by atoms with Gasteiger partial charge in [-0.25, -0.2) is 0 Å². The van der Waals surface area contributed by atoms with Gasteiger partial charge in [-0.15, -0.1) is 0 Å². The van der Waals surface area contributed by atoms with Crippen LogP contribution >= 0.6 is 0 Å².